The van der Waals surface area contributed by atoms with Gasteiger partial charge >= 0.3 is 0 Å². The van der Waals surface area contributed by atoms with Gasteiger partial charge < -0.3 is 0 Å². The van der Waals surface area contributed by atoms with Crippen molar-refractivity contribution >= 4 is 23.1 Å². The number of thiocyanates is 1. The highest BCUT2D eigenvalue weighted by molar-refractivity contribution is 8.03. The van der Waals surface area contributed by atoms with Gasteiger partial charge in [0, 0.05) is 4.90 Å². The molecule has 0 atom stereocenters. The minimum absolute atomic E-state index is 1.00. The zero-order chi connectivity index (χ0) is 10.1. The zero-order valence-electron chi connectivity index (χ0n) is 7.46. The first kappa shape index (κ1) is 10.8. The summed E-state index contributed by atoms with van der Waals surface area (Å²) < 4.78 is 0. The quantitative estimate of drug-likeness (QED) is 0.534. The Balaban J connectivity index is 0.000000165. The summed E-state index contributed by atoms with van der Waals surface area (Å²) in [5, 5.41) is 14.3. The fourth-order valence-corrected chi connectivity index (χ4v) is 1.62. The van der Waals surface area contributed by atoms with E-state index in [9.17, 15) is 0 Å². The molecular weight excluding hydrogens is 210 g/mol. The average molecular weight is 219 g/mol. The molecule has 0 fully saturated rings. The predicted molar refractivity (Wildman–Crippen MR) is 62.2 cm³/mol. The van der Waals surface area contributed by atoms with Crippen molar-refractivity contribution in [2.75, 3.05) is 0 Å². The van der Waals surface area contributed by atoms with Crippen molar-refractivity contribution in [3.63, 3.8) is 0 Å². The van der Waals surface area contributed by atoms with Crippen LogP contribution in [0.5, 0.6) is 0 Å². The second-order valence-electron chi connectivity index (χ2n) is 2.30. The first-order chi connectivity index (χ1) is 6.93. The maximum absolute atomic E-state index is 8.23. The SMILES string of the molecule is N#CSc1ccccc1.c1ccsc1. The van der Waals surface area contributed by atoms with Crippen molar-refractivity contribution < 1.29 is 0 Å². The molecule has 0 bridgehead atoms. The van der Waals surface area contributed by atoms with Crippen LogP contribution >= 0.6 is 23.1 Å². The summed E-state index contributed by atoms with van der Waals surface area (Å²) in [6, 6.07) is 13.6. The summed E-state index contributed by atoms with van der Waals surface area (Å²) in [6.07, 6.45) is 0. The molecule has 1 nitrogen and oxygen atoms in total. The Hall–Kier alpha value is -1.24. The molecule has 0 aliphatic carbocycles. The molecule has 0 unspecified atom stereocenters. The molecule has 0 saturated carbocycles. The van der Waals surface area contributed by atoms with Gasteiger partial charge in [-0.3, -0.25) is 0 Å². The monoisotopic (exact) mass is 219 g/mol. The van der Waals surface area contributed by atoms with Gasteiger partial charge in [-0.25, -0.2) is 0 Å². The third-order valence-corrected chi connectivity index (χ3v) is 2.56. The van der Waals surface area contributed by atoms with E-state index in [2.05, 4.69) is 0 Å². The van der Waals surface area contributed by atoms with Crippen LogP contribution in [0.1, 0.15) is 0 Å². The van der Waals surface area contributed by atoms with Crippen molar-refractivity contribution in [2.24, 2.45) is 0 Å². The molecule has 14 heavy (non-hydrogen) atoms. The molecule has 2 rings (SSSR count). The molecule has 1 aromatic heterocycles. The average Bonchev–Trinajstić information content (AvgIpc) is 2.78. The summed E-state index contributed by atoms with van der Waals surface area (Å²) >= 11 is 2.89. The van der Waals surface area contributed by atoms with E-state index in [0.29, 0.717) is 0 Å². The van der Waals surface area contributed by atoms with Crippen molar-refractivity contribution in [3.05, 3.63) is 53.2 Å². The van der Waals surface area contributed by atoms with E-state index in [0.717, 1.165) is 4.90 Å². The Morgan fingerprint density at radius 3 is 2.07 bits per heavy atom. The highest BCUT2D eigenvalue weighted by Crippen LogP contribution is 2.13. The van der Waals surface area contributed by atoms with E-state index in [-0.39, 0.29) is 0 Å². The van der Waals surface area contributed by atoms with Crippen LogP contribution < -0.4 is 0 Å². The molecule has 0 N–H and O–H groups in total. The number of nitrogens with zero attached hydrogens (tertiary/aromatic N) is 1. The van der Waals surface area contributed by atoms with Gasteiger partial charge in [0.05, 0.1) is 0 Å². The lowest BCUT2D eigenvalue weighted by Crippen LogP contribution is -1.62. The summed E-state index contributed by atoms with van der Waals surface area (Å²) in [7, 11) is 0. The Kier molecular flexibility index (Phi) is 5.57. The number of hydrogen-bond donors (Lipinski definition) is 0. The highest BCUT2D eigenvalue weighted by atomic mass is 32.2. The van der Waals surface area contributed by atoms with Crippen LogP contribution in [0, 0.1) is 10.7 Å². The van der Waals surface area contributed by atoms with E-state index in [1.807, 2.05) is 58.6 Å². The molecule has 0 aliphatic heterocycles. The molecule has 0 saturated heterocycles. The maximum atomic E-state index is 8.23. The van der Waals surface area contributed by atoms with Gasteiger partial charge in [0.1, 0.15) is 5.40 Å². The van der Waals surface area contributed by atoms with Crippen LogP contribution in [-0.4, -0.2) is 0 Å². The second-order valence-corrected chi connectivity index (χ2v) is 3.97. The molecule has 70 valence electrons. The topological polar surface area (TPSA) is 23.8 Å². The van der Waals surface area contributed by atoms with Crippen molar-refractivity contribution in [1.29, 1.82) is 5.26 Å². The molecule has 3 heteroatoms. The largest absolute Gasteiger partial charge is 0.185 e. The molecular formula is C11H9NS2. The molecule has 0 spiro atoms. The minimum Gasteiger partial charge on any atom is -0.185 e. The molecule has 1 heterocycles. The number of benzene rings is 1. The third-order valence-electron chi connectivity index (χ3n) is 1.33. The van der Waals surface area contributed by atoms with Crippen molar-refractivity contribution in [3.8, 4) is 5.40 Å². The van der Waals surface area contributed by atoms with Gasteiger partial charge in [-0.05, 0) is 34.7 Å². The number of rotatable bonds is 1. The summed E-state index contributed by atoms with van der Waals surface area (Å²) in [4.78, 5) is 1.00. The van der Waals surface area contributed by atoms with E-state index < -0.39 is 0 Å². The Morgan fingerprint density at radius 2 is 1.64 bits per heavy atom. The maximum Gasteiger partial charge on any atom is 0.138 e. The van der Waals surface area contributed by atoms with Gasteiger partial charge in [-0.2, -0.15) is 16.6 Å². The molecule has 0 aliphatic rings. The van der Waals surface area contributed by atoms with Crippen LogP contribution in [-0.2, 0) is 0 Å². The van der Waals surface area contributed by atoms with E-state index in [4.69, 9.17) is 5.26 Å². The van der Waals surface area contributed by atoms with Gasteiger partial charge in [-0.15, -0.1) is 0 Å². The van der Waals surface area contributed by atoms with E-state index >= 15 is 0 Å². The molecule has 0 amide bonds. The van der Waals surface area contributed by atoms with Crippen molar-refractivity contribution in [1.82, 2.24) is 0 Å². The zero-order valence-corrected chi connectivity index (χ0v) is 9.09. The Labute approximate surface area is 92.0 Å². The fraction of sp³-hybridized carbons (Fsp3) is 0. The summed E-state index contributed by atoms with van der Waals surface area (Å²) in [6.45, 7) is 0. The van der Waals surface area contributed by atoms with Gasteiger partial charge in [-0.1, -0.05) is 30.3 Å². The number of thioether (sulfide) groups is 1. The van der Waals surface area contributed by atoms with Crippen LogP contribution in [0.25, 0.3) is 0 Å². The lowest BCUT2D eigenvalue weighted by Gasteiger charge is -1.86. The van der Waals surface area contributed by atoms with Crippen LogP contribution in [0.3, 0.4) is 0 Å². The molecule has 1 aromatic carbocycles. The Morgan fingerprint density at radius 1 is 1.00 bits per heavy atom. The highest BCUT2D eigenvalue weighted by Gasteiger charge is 1.85. The smallest absolute Gasteiger partial charge is 0.138 e. The number of hydrogen-bond acceptors (Lipinski definition) is 3. The Bertz CT molecular complexity index is 345. The normalized spacial score (nSPS) is 8.21. The van der Waals surface area contributed by atoms with Crippen molar-refractivity contribution in [2.45, 2.75) is 4.90 Å². The van der Waals surface area contributed by atoms with Gasteiger partial charge in [0.2, 0.25) is 0 Å². The van der Waals surface area contributed by atoms with Crippen LogP contribution in [0.15, 0.2) is 58.1 Å². The fourth-order valence-electron chi connectivity index (χ4n) is 0.768. The number of nitriles is 1. The predicted octanol–water partition coefficient (Wildman–Crippen LogP) is 4.01. The first-order valence-corrected chi connectivity index (χ1v) is 5.77. The first-order valence-electron chi connectivity index (χ1n) is 4.01. The summed E-state index contributed by atoms with van der Waals surface area (Å²) in [5.41, 5.74) is 0. The van der Waals surface area contributed by atoms with Gasteiger partial charge in [0.25, 0.3) is 0 Å². The third kappa shape index (κ3) is 4.70. The van der Waals surface area contributed by atoms with Crippen LogP contribution in [0.4, 0.5) is 0 Å². The number of thiophene rings is 1. The molecule has 0 radical (unpaired) electrons. The van der Waals surface area contributed by atoms with Crippen LogP contribution in [0.2, 0.25) is 0 Å². The lowest BCUT2D eigenvalue weighted by atomic mass is 10.4. The van der Waals surface area contributed by atoms with E-state index in [1.165, 1.54) is 11.8 Å². The minimum atomic E-state index is 1.00. The summed E-state index contributed by atoms with van der Waals surface area (Å²) in [5.74, 6) is 0. The van der Waals surface area contributed by atoms with E-state index in [1.54, 1.807) is 11.3 Å². The van der Waals surface area contributed by atoms with Gasteiger partial charge in [0.15, 0.2) is 0 Å². The lowest BCUT2D eigenvalue weighted by molar-refractivity contribution is 1.47. The second kappa shape index (κ2) is 7.19. The molecule has 2 aromatic rings. The standard InChI is InChI=1S/C7H5NS.C4H4S/c8-6-9-7-4-2-1-3-5-7;1-2-4-5-3-1/h1-5H;1-4H.